The van der Waals surface area contributed by atoms with Crippen LogP contribution >= 0.6 is 0 Å². The number of aliphatic hydroxyl groups is 1. The second kappa shape index (κ2) is 10.5. The van der Waals surface area contributed by atoms with Gasteiger partial charge in [0.1, 0.15) is 11.5 Å². The molecule has 0 aromatic heterocycles. The number of ether oxygens (including phenoxy) is 1. The lowest BCUT2D eigenvalue weighted by Gasteiger charge is -2.27. The molecular weight excluding hydrogens is 474 g/mol. The van der Waals surface area contributed by atoms with Crippen molar-refractivity contribution in [2.75, 3.05) is 30.0 Å². The lowest BCUT2D eigenvalue weighted by Crippen LogP contribution is -2.29. The molecule has 1 aliphatic rings. The average Bonchev–Trinajstić information content (AvgIpc) is 3.19. The Morgan fingerprint density at radius 1 is 1.03 bits per heavy atom. The minimum atomic E-state index is -0.940. The quantitative estimate of drug-likeness (QED) is 0.151. The van der Waals surface area contributed by atoms with E-state index in [1.54, 1.807) is 36.4 Å². The van der Waals surface area contributed by atoms with Crippen LogP contribution in [0, 0.1) is 10.1 Å². The molecule has 1 amide bonds. The normalized spacial score (nSPS) is 16.6. The summed E-state index contributed by atoms with van der Waals surface area (Å²) in [5.41, 5.74) is 1.96. The molecule has 1 fully saturated rings. The monoisotopic (exact) mass is 501 g/mol. The summed E-state index contributed by atoms with van der Waals surface area (Å²) in [6.07, 6.45) is 0. The molecule has 0 saturated carbocycles. The van der Waals surface area contributed by atoms with Crippen LogP contribution in [0.25, 0.3) is 5.76 Å². The minimum Gasteiger partial charge on any atom is -0.507 e. The zero-order valence-corrected chi connectivity index (χ0v) is 20.7. The Morgan fingerprint density at radius 2 is 1.68 bits per heavy atom. The van der Waals surface area contributed by atoms with E-state index in [4.69, 9.17) is 4.74 Å². The number of Topliss-reactive ketones (excluding diaryl/α,β-unsaturated/α-hetero) is 1. The van der Waals surface area contributed by atoms with Crippen molar-refractivity contribution in [3.63, 3.8) is 0 Å². The van der Waals surface area contributed by atoms with Crippen LogP contribution in [0.1, 0.15) is 31.0 Å². The smallest absolute Gasteiger partial charge is 0.300 e. The average molecular weight is 502 g/mol. The van der Waals surface area contributed by atoms with Gasteiger partial charge >= 0.3 is 0 Å². The predicted molar refractivity (Wildman–Crippen MR) is 141 cm³/mol. The van der Waals surface area contributed by atoms with E-state index in [0.29, 0.717) is 17.0 Å². The maximum Gasteiger partial charge on any atom is 0.300 e. The van der Waals surface area contributed by atoms with Crippen LogP contribution in [0.5, 0.6) is 5.75 Å². The molecule has 1 heterocycles. The van der Waals surface area contributed by atoms with Gasteiger partial charge in [-0.15, -0.1) is 0 Å². The second-order valence-corrected chi connectivity index (χ2v) is 8.44. The van der Waals surface area contributed by atoms with Crippen LogP contribution in [-0.4, -0.2) is 41.9 Å². The summed E-state index contributed by atoms with van der Waals surface area (Å²) in [5, 5.41) is 22.3. The van der Waals surface area contributed by atoms with E-state index in [2.05, 4.69) is 18.7 Å². The van der Waals surface area contributed by atoms with Crippen molar-refractivity contribution in [1.29, 1.82) is 0 Å². The third-order valence-electron chi connectivity index (χ3n) is 6.46. The third kappa shape index (κ3) is 4.75. The van der Waals surface area contributed by atoms with Crippen LogP contribution in [0.3, 0.4) is 0 Å². The van der Waals surface area contributed by atoms with E-state index < -0.39 is 28.4 Å². The molecule has 9 heteroatoms. The number of benzene rings is 3. The van der Waals surface area contributed by atoms with Gasteiger partial charge in [0.2, 0.25) is 0 Å². The van der Waals surface area contributed by atoms with Crippen LogP contribution in [0.2, 0.25) is 0 Å². The van der Waals surface area contributed by atoms with Gasteiger partial charge in [-0.3, -0.25) is 24.6 Å². The summed E-state index contributed by atoms with van der Waals surface area (Å²) in [6, 6.07) is 18.5. The number of aliphatic hydroxyl groups excluding tert-OH is 1. The van der Waals surface area contributed by atoms with E-state index in [-0.39, 0.29) is 16.8 Å². The fourth-order valence-corrected chi connectivity index (χ4v) is 4.54. The van der Waals surface area contributed by atoms with Crippen molar-refractivity contribution >= 4 is 34.5 Å². The van der Waals surface area contributed by atoms with Gasteiger partial charge in [-0.2, -0.15) is 0 Å². The number of carbonyl (C=O) groups excluding carboxylic acids is 2. The predicted octanol–water partition coefficient (Wildman–Crippen LogP) is 5.08. The zero-order valence-electron chi connectivity index (χ0n) is 20.7. The number of methoxy groups -OCH3 is 1. The van der Waals surface area contributed by atoms with Gasteiger partial charge in [-0.1, -0.05) is 12.1 Å². The van der Waals surface area contributed by atoms with Crippen molar-refractivity contribution in [2.45, 2.75) is 19.9 Å². The number of non-ortho nitro benzene ring substituents is 1. The Balaban J connectivity index is 1.87. The van der Waals surface area contributed by atoms with Crippen LogP contribution in [-0.2, 0) is 9.59 Å². The van der Waals surface area contributed by atoms with Gasteiger partial charge in [0.05, 0.1) is 23.6 Å². The van der Waals surface area contributed by atoms with Crippen molar-refractivity contribution in [1.82, 2.24) is 0 Å². The molecule has 1 N–H and O–H groups in total. The molecule has 1 atom stereocenters. The summed E-state index contributed by atoms with van der Waals surface area (Å²) in [4.78, 5) is 40.7. The molecule has 1 unspecified atom stereocenters. The SMILES string of the molecule is CCN(CC)c1ccc(N2C(=O)C(=O)/C(=C(\O)c3ccc([N+](=O)[O-])cc3)C2c2cccc(OC)c2)cc1. The number of nitro groups is 1. The number of anilines is 2. The molecule has 0 radical (unpaired) electrons. The van der Waals surface area contributed by atoms with Gasteiger partial charge in [0, 0.05) is 42.2 Å². The number of nitrogens with zero attached hydrogens (tertiary/aromatic N) is 3. The summed E-state index contributed by atoms with van der Waals surface area (Å²) in [7, 11) is 1.51. The Hall–Kier alpha value is -4.66. The van der Waals surface area contributed by atoms with E-state index >= 15 is 0 Å². The maximum absolute atomic E-state index is 13.4. The standard InChI is InChI=1S/C28H27N3O6/c1-4-29(5-2)20-13-15-21(16-14-20)30-25(19-7-6-8-23(17-19)37-3)24(27(33)28(30)34)26(32)18-9-11-22(12-10-18)31(35)36/h6-17,25,32H,4-5H2,1-3H3/b26-24-. The van der Waals surface area contributed by atoms with E-state index in [1.807, 2.05) is 12.1 Å². The molecular formula is C28H27N3O6. The third-order valence-corrected chi connectivity index (χ3v) is 6.46. The zero-order chi connectivity index (χ0) is 26.7. The molecule has 0 aliphatic carbocycles. The lowest BCUT2D eigenvalue weighted by molar-refractivity contribution is -0.384. The molecule has 1 saturated heterocycles. The maximum atomic E-state index is 13.4. The fraction of sp³-hybridized carbons (Fsp3) is 0.214. The van der Waals surface area contributed by atoms with Gasteiger partial charge < -0.3 is 14.7 Å². The molecule has 190 valence electrons. The van der Waals surface area contributed by atoms with Gasteiger partial charge in [-0.05, 0) is 67.9 Å². The van der Waals surface area contributed by atoms with Gasteiger partial charge in [0.15, 0.2) is 0 Å². The fourth-order valence-electron chi connectivity index (χ4n) is 4.54. The van der Waals surface area contributed by atoms with E-state index in [9.17, 15) is 24.8 Å². The number of ketones is 1. The van der Waals surface area contributed by atoms with Crippen molar-refractivity contribution in [2.24, 2.45) is 0 Å². The molecule has 0 spiro atoms. The highest BCUT2D eigenvalue weighted by atomic mass is 16.6. The summed E-state index contributed by atoms with van der Waals surface area (Å²) >= 11 is 0. The van der Waals surface area contributed by atoms with Gasteiger partial charge in [0.25, 0.3) is 17.4 Å². The first kappa shape index (κ1) is 25.4. The number of hydrogen-bond donors (Lipinski definition) is 1. The van der Waals surface area contributed by atoms with Crippen molar-refractivity contribution in [3.05, 3.63) is 99.6 Å². The van der Waals surface area contributed by atoms with E-state index in [0.717, 1.165) is 18.8 Å². The van der Waals surface area contributed by atoms with Crippen LogP contribution < -0.4 is 14.5 Å². The number of rotatable bonds is 8. The second-order valence-electron chi connectivity index (χ2n) is 8.44. The molecule has 3 aromatic rings. The lowest BCUT2D eigenvalue weighted by atomic mass is 9.95. The molecule has 4 rings (SSSR count). The number of hydrogen-bond acceptors (Lipinski definition) is 7. The first-order valence-corrected chi connectivity index (χ1v) is 11.9. The highest BCUT2D eigenvalue weighted by Crippen LogP contribution is 2.43. The van der Waals surface area contributed by atoms with Crippen LogP contribution in [0.4, 0.5) is 17.1 Å². The topological polar surface area (TPSA) is 113 Å². The summed E-state index contributed by atoms with van der Waals surface area (Å²) in [5.74, 6) is -1.53. The Bertz CT molecular complexity index is 1360. The Morgan fingerprint density at radius 3 is 2.24 bits per heavy atom. The van der Waals surface area contributed by atoms with Gasteiger partial charge in [-0.25, -0.2) is 0 Å². The van der Waals surface area contributed by atoms with Crippen molar-refractivity contribution < 1.29 is 24.4 Å². The van der Waals surface area contributed by atoms with E-state index in [1.165, 1.54) is 36.3 Å². The number of carbonyl (C=O) groups is 2. The number of amides is 1. The largest absolute Gasteiger partial charge is 0.507 e. The molecule has 9 nitrogen and oxygen atoms in total. The number of nitro benzene ring substituents is 1. The first-order chi connectivity index (χ1) is 17.8. The molecule has 0 bridgehead atoms. The molecule has 37 heavy (non-hydrogen) atoms. The summed E-state index contributed by atoms with van der Waals surface area (Å²) in [6.45, 7) is 5.74. The Kier molecular flexibility index (Phi) is 7.24. The highest BCUT2D eigenvalue weighted by molar-refractivity contribution is 6.51. The minimum absolute atomic E-state index is 0.111. The first-order valence-electron chi connectivity index (χ1n) is 11.9. The van der Waals surface area contributed by atoms with Crippen molar-refractivity contribution in [3.8, 4) is 5.75 Å². The Labute approximate surface area is 214 Å². The molecule has 1 aliphatic heterocycles. The summed E-state index contributed by atoms with van der Waals surface area (Å²) < 4.78 is 5.36. The van der Waals surface area contributed by atoms with Crippen LogP contribution in [0.15, 0.2) is 78.4 Å². The molecule has 3 aromatic carbocycles. The highest BCUT2D eigenvalue weighted by Gasteiger charge is 2.47.